The van der Waals surface area contributed by atoms with Crippen molar-refractivity contribution in [3.63, 3.8) is 0 Å². The predicted octanol–water partition coefficient (Wildman–Crippen LogP) is 2.63. The van der Waals surface area contributed by atoms with E-state index in [1.807, 2.05) is 0 Å². The van der Waals surface area contributed by atoms with Gasteiger partial charge in [-0.15, -0.1) is 8.42 Å². The number of ketones is 1. The van der Waals surface area contributed by atoms with Crippen molar-refractivity contribution in [1.82, 2.24) is 0 Å². The number of Topliss-reactive ketones (excluding diaryl/α,β-unsaturated/α-hetero) is 1. The largest absolute Gasteiger partial charge is 0.501 e. The number of ether oxygens (including phenoxy) is 7. The Kier molecular flexibility index (Phi) is 16.4. The Balaban J connectivity index is 2.03. The summed E-state index contributed by atoms with van der Waals surface area (Å²) in [7, 11) is -4.97. The van der Waals surface area contributed by atoms with E-state index in [0.717, 1.165) is 39.8 Å². The molecule has 0 spiro atoms. The molecule has 0 aromatic heterocycles. The summed E-state index contributed by atoms with van der Waals surface area (Å²) in [5, 5.41) is 12.6. The van der Waals surface area contributed by atoms with E-state index in [9.17, 15) is 37.5 Å². The fourth-order valence-electron chi connectivity index (χ4n) is 4.88. The molecule has 5 atom stereocenters. The highest BCUT2D eigenvalue weighted by Crippen LogP contribution is 2.36. The third-order valence-corrected chi connectivity index (χ3v) is 7.82. The zero-order valence-electron chi connectivity index (χ0n) is 29.6. The molecular formula is C33H39N3O17S. The molecule has 1 aliphatic rings. The van der Waals surface area contributed by atoms with Crippen molar-refractivity contribution >= 4 is 40.1 Å². The van der Waals surface area contributed by atoms with Gasteiger partial charge in [0.2, 0.25) is 12.4 Å². The molecule has 294 valence electrons. The Bertz CT molecular complexity index is 1800. The van der Waals surface area contributed by atoms with Crippen LogP contribution in [0.5, 0.6) is 17.2 Å². The summed E-state index contributed by atoms with van der Waals surface area (Å²) in [6, 6.07) is 8.80. The summed E-state index contributed by atoms with van der Waals surface area (Å²) in [5.74, 6) is -5.11. The number of esters is 4. The van der Waals surface area contributed by atoms with Crippen molar-refractivity contribution in [1.29, 1.82) is 0 Å². The molecular weight excluding hydrogens is 742 g/mol. The zero-order chi connectivity index (χ0) is 39.8. The predicted molar refractivity (Wildman–Crippen MR) is 180 cm³/mol. The molecule has 0 saturated carbocycles. The molecule has 2 aromatic carbocycles. The Morgan fingerprint density at radius 3 is 2.09 bits per heavy atom. The maximum Gasteiger partial charge on any atom is 0.501 e. The van der Waals surface area contributed by atoms with Gasteiger partial charge in [0.25, 0.3) is 0 Å². The molecule has 1 N–H and O–H groups in total. The van der Waals surface area contributed by atoms with E-state index in [1.165, 1.54) is 30.3 Å². The van der Waals surface area contributed by atoms with Crippen LogP contribution in [0.25, 0.3) is 10.4 Å². The second kappa shape index (κ2) is 20.7. The molecule has 1 aliphatic heterocycles. The van der Waals surface area contributed by atoms with Crippen LogP contribution in [0, 0.1) is 0 Å². The van der Waals surface area contributed by atoms with Gasteiger partial charge in [-0.1, -0.05) is 17.2 Å². The lowest BCUT2D eigenvalue weighted by Gasteiger charge is -2.43. The maximum atomic E-state index is 13.2. The molecule has 54 heavy (non-hydrogen) atoms. The smallest absolute Gasteiger partial charge is 0.463 e. The number of aliphatic hydroxyl groups is 1. The number of aliphatic hydroxyl groups excluding tert-OH is 1. The van der Waals surface area contributed by atoms with Gasteiger partial charge in [0.1, 0.15) is 18.5 Å². The van der Waals surface area contributed by atoms with Crippen LogP contribution < -0.4 is 13.1 Å². The van der Waals surface area contributed by atoms with Crippen LogP contribution in [-0.2, 0) is 64.6 Å². The van der Waals surface area contributed by atoms with Crippen LogP contribution in [0.15, 0.2) is 47.6 Å². The van der Waals surface area contributed by atoms with E-state index >= 15 is 0 Å². The molecule has 0 radical (unpaired) electrons. The van der Waals surface area contributed by atoms with Gasteiger partial charge < -0.3 is 46.6 Å². The van der Waals surface area contributed by atoms with Gasteiger partial charge in [-0.2, -0.15) is 0 Å². The summed E-state index contributed by atoms with van der Waals surface area (Å²) in [5.41, 5.74) is 8.79. The van der Waals surface area contributed by atoms with Crippen molar-refractivity contribution in [3.8, 4) is 17.2 Å². The molecule has 3 rings (SSSR count). The number of carbonyl (C=O) groups excluding carboxylic acids is 5. The highest BCUT2D eigenvalue weighted by molar-refractivity contribution is 7.82. The second-order valence-electron chi connectivity index (χ2n) is 11.3. The SMILES string of the molecule is CC(=O)OC[C@H]1OC(Oc2ccc(C(=O)CCCOCCN=[N+]=[N-])cc2OS(=O)(=O)Oc2ccc(CO)cc2)[C@H](OC(C)=O)[C@@H](OC(C)=O)[C@H]1OC(C)=O. The maximum absolute atomic E-state index is 13.2. The minimum atomic E-state index is -4.97. The van der Waals surface area contributed by atoms with Gasteiger partial charge in [0.15, 0.2) is 29.5 Å². The van der Waals surface area contributed by atoms with Crippen LogP contribution in [0.1, 0.15) is 56.5 Å². The fraction of sp³-hybridized carbons (Fsp3) is 0.485. The number of benzene rings is 2. The average molecular weight is 782 g/mol. The van der Waals surface area contributed by atoms with Crippen molar-refractivity contribution in [2.24, 2.45) is 5.11 Å². The first-order valence-electron chi connectivity index (χ1n) is 16.2. The molecule has 1 heterocycles. The molecule has 0 bridgehead atoms. The lowest BCUT2D eigenvalue weighted by Crippen LogP contribution is -2.63. The van der Waals surface area contributed by atoms with E-state index < -0.39 is 88.9 Å². The van der Waals surface area contributed by atoms with E-state index in [2.05, 4.69) is 10.0 Å². The van der Waals surface area contributed by atoms with E-state index in [4.69, 9.17) is 47.1 Å². The Hall–Kier alpha value is -5.47. The summed E-state index contributed by atoms with van der Waals surface area (Å²) in [6.07, 6.45) is -7.78. The number of azide groups is 1. The van der Waals surface area contributed by atoms with E-state index in [0.29, 0.717) is 5.56 Å². The molecule has 1 fully saturated rings. The molecule has 21 heteroatoms. The molecule has 0 aliphatic carbocycles. The number of hydrogen-bond donors (Lipinski definition) is 1. The first kappa shape index (κ1) is 42.9. The summed E-state index contributed by atoms with van der Waals surface area (Å²) < 4.78 is 75.1. The minimum absolute atomic E-state index is 0.0320. The number of hydrogen-bond acceptors (Lipinski definition) is 18. The summed E-state index contributed by atoms with van der Waals surface area (Å²) in [6.45, 7) is 3.71. The van der Waals surface area contributed by atoms with Gasteiger partial charge in [-0.3, -0.25) is 24.0 Å². The van der Waals surface area contributed by atoms with Gasteiger partial charge in [0, 0.05) is 57.7 Å². The van der Waals surface area contributed by atoms with E-state index in [-0.39, 0.29) is 50.5 Å². The van der Waals surface area contributed by atoms with Crippen LogP contribution >= 0.6 is 0 Å². The summed E-state index contributed by atoms with van der Waals surface area (Å²) in [4.78, 5) is 64.0. The van der Waals surface area contributed by atoms with Crippen LogP contribution in [0.3, 0.4) is 0 Å². The normalized spacial score (nSPS) is 19.3. The monoisotopic (exact) mass is 781 g/mol. The first-order chi connectivity index (χ1) is 25.6. The Morgan fingerprint density at radius 2 is 1.48 bits per heavy atom. The van der Waals surface area contributed by atoms with Crippen LogP contribution in [0.2, 0.25) is 0 Å². The Labute approximate surface area is 309 Å². The fourth-order valence-corrected chi connectivity index (χ4v) is 5.61. The minimum Gasteiger partial charge on any atom is -0.463 e. The van der Waals surface area contributed by atoms with Crippen molar-refractivity contribution in [2.45, 2.75) is 77.8 Å². The third kappa shape index (κ3) is 13.8. The van der Waals surface area contributed by atoms with Crippen molar-refractivity contribution < 1.29 is 79.0 Å². The first-order valence-corrected chi connectivity index (χ1v) is 17.5. The molecule has 2 aromatic rings. The van der Waals surface area contributed by atoms with Gasteiger partial charge in [0.05, 0.1) is 13.2 Å². The highest BCUT2D eigenvalue weighted by Gasteiger charge is 2.53. The van der Waals surface area contributed by atoms with E-state index in [1.54, 1.807) is 0 Å². The second-order valence-corrected chi connectivity index (χ2v) is 12.5. The lowest BCUT2D eigenvalue weighted by molar-refractivity contribution is -0.288. The quantitative estimate of drug-likeness (QED) is 0.0384. The number of carbonyl (C=O) groups is 5. The topological polar surface area (TPSA) is 272 Å². The molecule has 20 nitrogen and oxygen atoms in total. The van der Waals surface area contributed by atoms with Gasteiger partial charge in [-0.05, 0) is 47.8 Å². The third-order valence-electron chi connectivity index (χ3n) is 7.04. The average Bonchev–Trinajstić information content (AvgIpc) is 3.09. The molecule has 1 saturated heterocycles. The van der Waals surface area contributed by atoms with Gasteiger partial charge >= 0.3 is 34.3 Å². The molecule has 0 amide bonds. The van der Waals surface area contributed by atoms with Gasteiger partial charge in [-0.25, -0.2) is 0 Å². The van der Waals surface area contributed by atoms with Crippen LogP contribution in [0.4, 0.5) is 0 Å². The van der Waals surface area contributed by atoms with Crippen molar-refractivity contribution in [3.05, 3.63) is 64.0 Å². The number of rotatable bonds is 20. The Morgan fingerprint density at radius 1 is 0.833 bits per heavy atom. The summed E-state index contributed by atoms with van der Waals surface area (Å²) >= 11 is 0. The lowest BCUT2D eigenvalue weighted by atomic mass is 9.98. The van der Waals surface area contributed by atoms with Crippen LogP contribution in [-0.4, -0.2) is 100 Å². The number of nitrogens with zero attached hydrogens (tertiary/aromatic N) is 3. The molecule has 1 unspecified atom stereocenters. The highest BCUT2D eigenvalue weighted by atomic mass is 32.3. The van der Waals surface area contributed by atoms with Crippen molar-refractivity contribution in [2.75, 3.05) is 26.4 Å². The standard InChI is InChI=1S/C33H39N3O17S/c1-19(38)46-18-29-30(47-20(2)39)31(48-21(3)40)32(49-22(4)41)33(51-29)50-27-12-9-24(26(42)6-5-14-45-15-13-35-36-34)16-28(27)53-54(43,44)52-25-10-7-23(17-37)8-11-25/h7-12,16,29-33,37H,5-6,13-15,17-18H2,1-4H3/t29-,30+,31+,32-,33?/m1/s1. The zero-order valence-corrected chi connectivity index (χ0v) is 30.4.